The number of carbonyl (C=O) groups excluding carboxylic acids is 1. The summed E-state index contributed by atoms with van der Waals surface area (Å²) in [4.78, 5) is 24.3. The summed E-state index contributed by atoms with van der Waals surface area (Å²) in [6.07, 6.45) is 0. The molecule has 0 saturated carbocycles. The van der Waals surface area contributed by atoms with Crippen molar-refractivity contribution in [2.45, 2.75) is 6.92 Å². The summed E-state index contributed by atoms with van der Waals surface area (Å²) in [6, 6.07) is 4.60. The standard InChI is InChI=1S/C14H18N2O5/c1-2-20-11-5-3-4-10(13(17)18)12(11)21-9-8-16-7-6-15-14(16)19/h3-5H,2,6-9H2,1H3,(H,15,19)(H,17,18). The summed E-state index contributed by atoms with van der Waals surface area (Å²) < 4.78 is 11.0. The quantitative estimate of drug-likeness (QED) is 0.788. The molecule has 7 heteroatoms. The van der Waals surface area contributed by atoms with Gasteiger partial charge in [0.1, 0.15) is 12.2 Å². The molecule has 21 heavy (non-hydrogen) atoms. The second-order valence-corrected chi connectivity index (χ2v) is 4.44. The van der Waals surface area contributed by atoms with Crippen molar-refractivity contribution in [3.8, 4) is 11.5 Å². The molecule has 0 aromatic heterocycles. The highest BCUT2D eigenvalue weighted by Gasteiger charge is 2.20. The van der Waals surface area contributed by atoms with Gasteiger partial charge < -0.3 is 24.8 Å². The third kappa shape index (κ3) is 3.56. The van der Waals surface area contributed by atoms with E-state index < -0.39 is 5.97 Å². The van der Waals surface area contributed by atoms with Gasteiger partial charge >= 0.3 is 12.0 Å². The van der Waals surface area contributed by atoms with Crippen LogP contribution in [0.5, 0.6) is 11.5 Å². The van der Waals surface area contributed by atoms with Gasteiger partial charge in [0, 0.05) is 13.1 Å². The second-order valence-electron chi connectivity index (χ2n) is 4.44. The van der Waals surface area contributed by atoms with Crippen molar-refractivity contribution in [1.29, 1.82) is 0 Å². The molecule has 2 amide bonds. The lowest BCUT2D eigenvalue weighted by atomic mass is 10.2. The van der Waals surface area contributed by atoms with Gasteiger partial charge in [0.2, 0.25) is 0 Å². The molecule has 1 heterocycles. The van der Waals surface area contributed by atoms with Crippen LogP contribution in [0, 0.1) is 0 Å². The highest BCUT2D eigenvalue weighted by Crippen LogP contribution is 2.31. The van der Waals surface area contributed by atoms with Gasteiger partial charge in [-0.2, -0.15) is 0 Å². The summed E-state index contributed by atoms with van der Waals surface area (Å²) in [5.74, 6) is -0.486. The molecule has 0 radical (unpaired) electrons. The van der Waals surface area contributed by atoms with E-state index in [9.17, 15) is 14.7 Å². The maximum absolute atomic E-state index is 11.4. The van der Waals surface area contributed by atoms with Crippen molar-refractivity contribution >= 4 is 12.0 Å². The molecule has 1 aliphatic rings. The Hall–Kier alpha value is -2.44. The zero-order chi connectivity index (χ0) is 15.2. The summed E-state index contributed by atoms with van der Waals surface area (Å²) in [5.41, 5.74) is 0.0480. The molecule has 0 aliphatic carbocycles. The first kappa shape index (κ1) is 15.0. The van der Waals surface area contributed by atoms with Crippen molar-refractivity contribution in [3.63, 3.8) is 0 Å². The molecule has 2 N–H and O–H groups in total. The highest BCUT2D eigenvalue weighted by atomic mass is 16.5. The third-order valence-corrected chi connectivity index (χ3v) is 3.06. The lowest BCUT2D eigenvalue weighted by Crippen LogP contribution is -2.32. The fraction of sp³-hybridized carbons (Fsp3) is 0.429. The number of carbonyl (C=O) groups is 2. The van der Waals surface area contributed by atoms with Crippen LogP contribution < -0.4 is 14.8 Å². The maximum atomic E-state index is 11.4. The Kier molecular flexibility index (Phi) is 4.86. The predicted octanol–water partition coefficient (Wildman–Crippen LogP) is 1.19. The molecule has 2 rings (SSSR count). The van der Waals surface area contributed by atoms with Crippen molar-refractivity contribution in [1.82, 2.24) is 10.2 Å². The van der Waals surface area contributed by atoms with Crippen molar-refractivity contribution < 1.29 is 24.2 Å². The molecule has 114 valence electrons. The van der Waals surface area contributed by atoms with Crippen LogP contribution in [0.1, 0.15) is 17.3 Å². The average Bonchev–Trinajstić information content (AvgIpc) is 2.86. The Labute approximate surface area is 122 Å². The van der Waals surface area contributed by atoms with Gasteiger partial charge in [-0.3, -0.25) is 0 Å². The number of aromatic carboxylic acids is 1. The van der Waals surface area contributed by atoms with E-state index in [-0.39, 0.29) is 24.0 Å². The number of benzene rings is 1. The fourth-order valence-electron chi connectivity index (χ4n) is 2.08. The van der Waals surface area contributed by atoms with Crippen LogP contribution in [0.3, 0.4) is 0 Å². The van der Waals surface area contributed by atoms with E-state index >= 15 is 0 Å². The molecular weight excluding hydrogens is 276 g/mol. The van der Waals surface area contributed by atoms with Crippen LogP contribution in [-0.4, -0.2) is 54.9 Å². The minimum Gasteiger partial charge on any atom is -0.490 e. The molecule has 0 spiro atoms. The Morgan fingerprint density at radius 1 is 1.43 bits per heavy atom. The molecule has 1 aromatic carbocycles. The van der Waals surface area contributed by atoms with Gasteiger partial charge in [0.05, 0.1) is 13.2 Å². The van der Waals surface area contributed by atoms with Crippen LogP contribution in [-0.2, 0) is 0 Å². The van der Waals surface area contributed by atoms with Gasteiger partial charge in [-0.15, -0.1) is 0 Å². The Balaban J connectivity index is 2.06. The lowest BCUT2D eigenvalue weighted by Gasteiger charge is -2.17. The van der Waals surface area contributed by atoms with E-state index in [2.05, 4.69) is 5.32 Å². The van der Waals surface area contributed by atoms with Crippen molar-refractivity contribution in [2.24, 2.45) is 0 Å². The van der Waals surface area contributed by atoms with E-state index in [1.54, 1.807) is 17.0 Å². The number of amides is 2. The van der Waals surface area contributed by atoms with E-state index in [1.165, 1.54) is 6.07 Å². The first-order chi connectivity index (χ1) is 10.1. The Bertz CT molecular complexity index is 532. The number of urea groups is 1. The fourth-order valence-corrected chi connectivity index (χ4v) is 2.08. The molecule has 1 aliphatic heterocycles. The number of carboxylic acid groups (broad SMARTS) is 1. The zero-order valence-electron chi connectivity index (χ0n) is 11.8. The number of ether oxygens (including phenoxy) is 2. The number of carboxylic acids is 1. The van der Waals surface area contributed by atoms with Crippen LogP contribution in [0.4, 0.5) is 4.79 Å². The summed E-state index contributed by atoms with van der Waals surface area (Å²) in [5, 5.41) is 11.9. The minimum absolute atomic E-state index is 0.0480. The van der Waals surface area contributed by atoms with Crippen LogP contribution >= 0.6 is 0 Å². The number of hydrogen-bond donors (Lipinski definition) is 2. The molecule has 1 saturated heterocycles. The SMILES string of the molecule is CCOc1cccc(C(=O)O)c1OCCN1CCNC1=O. The van der Waals surface area contributed by atoms with Gasteiger partial charge in [-0.1, -0.05) is 6.07 Å². The third-order valence-electron chi connectivity index (χ3n) is 3.06. The number of para-hydroxylation sites is 1. The first-order valence-electron chi connectivity index (χ1n) is 6.78. The smallest absolute Gasteiger partial charge is 0.339 e. The van der Waals surface area contributed by atoms with Crippen LogP contribution in [0.15, 0.2) is 18.2 Å². The Morgan fingerprint density at radius 2 is 2.24 bits per heavy atom. The normalized spacial score (nSPS) is 14.0. The maximum Gasteiger partial charge on any atom is 0.339 e. The second kappa shape index (κ2) is 6.83. The number of hydrogen-bond acceptors (Lipinski definition) is 4. The molecular formula is C14H18N2O5. The van der Waals surface area contributed by atoms with Gasteiger partial charge in [-0.25, -0.2) is 9.59 Å². The van der Waals surface area contributed by atoms with Gasteiger partial charge in [0.25, 0.3) is 0 Å². The molecule has 0 atom stereocenters. The number of nitrogens with zero attached hydrogens (tertiary/aromatic N) is 1. The van der Waals surface area contributed by atoms with Crippen LogP contribution in [0.25, 0.3) is 0 Å². The van der Waals surface area contributed by atoms with E-state index in [1.807, 2.05) is 6.92 Å². The molecule has 7 nitrogen and oxygen atoms in total. The lowest BCUT2D eigenvalue weighted by molar-refractivity contribution is 0.0690. The summed E-state index contributed by atoms with van der Waals surface area (Å²) in [7, 11) is 0. The number of rotatable bonds is 7. The molecule has 1 fully saturated rings. The van der Waals surface area contributed by atoms with Crippen molar-refractivity contribution in [2.75, 3.05) is 32.8 Å². The van der Waals surface area contributed by atoms with E-state index in [4.69, 9.17) is 9.47 Å². The summed E-state index contributed by atoms with van der Waals surface area (Å²) in [6.45, 7) is 4.07. The van der Waals surface area contributed by atoms with Gasteiger partial charge in [0.15, 0.2) is 11.5 Å². The molecule has 0 bridgehead atoms. The monoisotopic (exact) mass is 294 g/mol. The summed E-state index contributed by atoms with van der Waals surface area (Å²) >= 11 is 0. The molecule has 1 aromatic rings. The van der Waals surface area contributed by atoms with Crippen molar-refractivity contribution in [3.05, 3.63) is 23.8 Å². The van der Waals surface area contributed by atoms with E-state index in [0.29, 0.717) is 32.0 Å². The minimum atomic E-state index is -1.08. The van der Waals surface area contributed by atoms with Gasteiger partial charge in [-0.05, 0) is 19.1 Å². The molecule has 0 unspecified atom stereocenters. The van der Waals surface area contributed by atoms with Crippen LogP contribution in [0.2, 0.25) is 0 Å². The largest absolute Gasteiger partial charge is 0.490 e. The number of nitrogens with one attached hydrogen (secondary N) is 1. The predicted molar refractivity (Wildman–Crippen MR) is 75.0 cm³/mol. The van der Waals surface area contributed by atoms with E-state index in [0.717, 1.165) is 0 Å². The Morgan fingerprint density at radius 3 is 2.86 bits per heavy atom. The first-order valence-corrected chi connectivity index (χ1v) is 6.78. The zero-order valence-corrected chi connectivity index (χ0v) is 11.8. The topological polar surface area (TPSA) is 88.1 Å². The highest BCUT2D eigenvalue weighted by molar-refractivity contribution is 5.92. The average molecular weight is 294 g/mol.